The van der Waals surface area contributed by atoms with Crippen LogP contribution in [-0.2, 0) is 0 Å². The van der Waals surface area contributed by atoms with Crippen molar-refractivity contribution in [3.63, 3.8) is 0 Å². The first-order chi connectivity index (χ1) is 6.69. The van der Waals surface area contributed by atoms with Gasteiger partial charge < -0.3 is 10.1 Å². The number of ether oxygens (including phenoxy) is 1. The zero-order chi connectivity index (χ0) is 10.6. The van der Waals surface area contributed by atoms with Gasteiger partial charge in [0.05, 0.1) is 12.6 Å². The third-order valence-corrected chi connectivity index (χ3v) is 2.11. The van der Waals surface area contributed by atoms with Crippen LogP contribution in [0, 0.1) is 6.92 Å². The Morgan fingerprint density at radius 3 is 2.93 bits per heavy atom. The van der Waals surface area contributed by atoms with Crippen molar-refractivity contribution in [2.24, 2.45) is 0 Å². The van der Waals surface area contributed by atoms with Crippen LogP contribution in [0.25, 0.3) is 0 Å². The highest BCUT2D eigenvalue weighted by Gasteiger charge is 2.10. The molecule has 0 aliphatic heterocycles. The molecule has 0 radical (unpaired) electrons. The molecular formula is C10H19N3O. The molecule has 0 fully saturated rings. The van der Waals surface area contributed by atoms with E-state index in [9.17, 15) is 0 Å². The van der Waals surface area contributed by atoms with E-state index in [1.54, 1.807) is 0 Å². The van der Waals surface area contributed by atoms with Crippen LogP contribution >= 0.6 is 0 Å². The lowest BCUT2D eigenvalue weighted by Gasteiger charge is -2.12. The number of hydrogen-bond donors (Lipinski definition) is 1. The molecule has 0 amide bonds. The Morgan fingerprint density at radius 1 is 1.64 bits per heavy atom. The number of nitrogens with zero attached hydrogens (tertiary/aromatic N) is 2. The van der Waals surface area contributed by atoms with Crippen molar-refractivity contribution in [2.75, 3.05) is 20.2 Å². The van der Waals surface area contributed by atoms with E-state index in [1.807, 2.05) is 31.6 Å². The Labute approximate surface area is 85.3 Å². The van der Waals surface area contributed by atoms with Crippen LogP contribution in [0.4, 0.5) is 0 Å². The number of hydrogen-bond acceptors (Lipinski definition) is 3. The molecule has 1 rings (SSSR count). The summed E-state index contributed by atoms with van der Waals surface area (Å²) in [4.78, 5) is 0. The van der Waals surface area contributed by atoms with E-state index in [4.69, 9.17) is 4.74 Å². The van der Waals surface area contributed by atoms with Crippen LogP contribution in [0.2, 0.25) is 0 Å². The summed E-state index contributed by atoms with van der Waals surface area (Å²) in [7, 11) is 1.94. The summed E-state index contributed by atoms with van der Waals surface area (Å²) in [5, 5.41) is 7.51. The molecule has 1 aromatic rings. The van der Waals surface area contributed by atoms with Crippen molar-refractivity contribution >= 4 is 0 Å². The highest BCUT2D eigenvalue weighted by molar-refractivity contribution is 5.14. The number of rotatable bonds is 5. The highest BCUT2D eigenvalue weighted by Crippen LogP contribution is 2.15. The minimum Gasteiger partial charge on any atom is -0.477 e. The lowest BCUT2D eigenvalue weighted by Crippen LogP contribution is -2.21. The molecule has 4 heteroatoms. The molecule has 0 aliphatic carbocycles. The predicted molar refractivity (Wildman–Crippen MR) is 56.8 cm³/mol. The van der Waals surface area contributed by atoms with Crippen molar-refractivity contribution < 1.29 is 4.74 Å². The molecule has 80 valence electrons. The van der Waals surface area contributed by atoms with Gasteiger partial charge in [-0.25, -0.2) is 0 Å². The summed E-state index contributed by atoms with van der Waals surface area (Å²) in [6.07, 6.45) is 0. The van der Waals surface area contributed by atoms with Gasteiger partial charge in [-0.2, -0.15) is 0 Å². The van der Waals surface area contributed by atoms with Crippen molar-refractivity contribution in [1.29, 1.82) is 0 Å². The molecule has 1 unspecified atom stereocenters. The van der Waals surface area contributed by atoms with Gasteiger partial charge in [0.2, 0.25) is 5.88 Å². The first-order valence-corrected chi connectivity index (χ1v) is 5.02. The van der Waals surface area contributed by atoms with Gasteiger partial charge in [-0.3, -0.25) is 4.68 Å². The smallest absolute Gasteiger partial charge is 0.232 e. The summed E-state index contributed by atoms with van der Waals surface area (Å²) in [6.45, 7) is 7.71. The molecule has 1 N–H and O–H groups in total. The lowest BCUT2D eigenvalue weighted by molar-refractivity contribution is 0.317. The van der Waals surface area contributed by atoms with Crippen LogP contribution in [0.1, 0.15) is 25.6 Å². The van der Waals surface area contributed by atoms with E-state index in [-0.39, 0.29) is 0 Å². The van der Waals surface area contributed by atoms with Gasteiger partial charge in [0, 0.05) is 18.3 Å². The fourth-order valence-corrected chi connectivity index (χ4v) is 1.51. The molecule has 0 aliphatic rings. The standard InChI is InChI=1S/C10H19N3O/c1-5-14-10-6-8(2)13(12-10)9(3)7-11-4/h6,9,11H,5,7H2,1-4H3. The van der Waals surface area contributed by atoms with Crippen LogP contribution < -0.4 is 10.1 Å². The molecule has 14 heavy (non-hydrogen) atoms. The molecule has 1 heterocycles. The van der Waals surface area contributed by atoms with Gasteiger partial charge in [0.1, 0.15) is 0 Å². The molecule has 0 saturated heterocycles. The van der Waals surface area contributed by atoms with E-state index < -0.39 is 0 Å². The van der Waals surface area contributed by atoms with Crippen LogP contribution in [0.15, 0.2) is 6.07 Å². The Morgan fingerprint density at radius 2 is 2.36 bits per heavy atom. The highest BCUT2D eigenvalue weighted by atomic mass is 16.5. The molecule has 4 nitrogen and oxygen atoms in total. The van der Waals surface area contributed by atoms with Gasteiger partial charge in [-0.15, -0.1) is 5.10 Å². The van der Waals surface area contributed by atoms with E-state index >= 15 is 0 Å². The first-order valence-electron chi connectivity index (χ1n) is 5.02. The fraction of sp³-hybridized carbons (Fsp3) is 0.700. The number of likely N-dealkylation sites (N-methyl/N-ethyl adjacent to an activating group) is 1. The summed E-state index contributed by atoms with van der Waals surface area (Å²) in [6, 6.07) is 2.32. The van der Waals surface area contributed by atoms with Crippen molar-refractivity contribution in [3.8, 4) is 5.88 Å². The second kappa shape index (κ2) is 5.00. The van der Waals surface area contributed by atoms with Crippen molar-refractivity contribution in [3.05, 3.63) is 11.8 Å². The molecule has 0 aromatic carbocycles. The molecule has 1 aromatic heterocycles. The summed E-state index contributed by atoms with van der Waals surface area (Å²) in [5.74, 6) is 0.716. The quantitative estimate of drug-likeness (QED) is 0.775. The Hall–Kier alpha value is -1.03. The third kappa shape index (κ3) is 2.48. The SMILES string of the molecule is CCOc1cc(C)n(C(C)CNC)n1. The second-order valence-electron chi connectivity index (χ2n) is 3.41. The van der Waals surface area contributed by atoms with Gasteiger partial charge >= 0.3 is 0 Å². The monoisotopic (exact) mass is 197 g/mol. The lowest BCUT2D eigenvalue weighted by atomic mass is 10.3. The maximum Gasteiger partial charge on any atom is 0.232 e. The molecular weight excluding hydrogens is 178 g/mol. The topological polar surface area (TPSA) is 39.1 Å². The Kier molecular flexibility index (Phi) is 3.95. The molecule has 1 atom stereocenters. The largest absolute Gasteiger partial charge is 0.477 e. The Balaban J connectivity index is 2.75. The van der Waals surface area contributed by atoms with Gasteiger partial charge in [-0.05, 0) is 27.8 Å². The minimum absolute atomic E-state index is 0.356. The van der Waals surface area contributed by atoms with E-state index in [0.29, 0.717) is 18.5 Å². The Bertz CT molecular complexity index is 283. The van der Waals surface area contributed by atoms with Crippen LogP contribution in [-0.4, -0.2) is 30.0 Å². The second-order valence-corrected chi connectivity index (χ2v) is 3.41. The van der Waals surface area contributed by atoms with E-state index in [0.717, 1.165) is 12.2 Å². The zero-order valence-corrected chi connectivity index (χ0v) is 9.37. The number of aryl methyl sites for hydroxylation is 1. The normalized spacial score (nSPS) is 12.9. The van der Waals surface area contributed by atoms with Gasteiger partial charge in [-0.1, -0.05) is 0 Å². The minimum atomic E-state index is 0.356. The number of aromatic nitrogens is 2. The first kappa shape index (κ1) is 11.0. The fourth-order valence-electron chi connectivity index (χ4n) is 1.51. The predicted octanol–water partition coefficient (Wildman–Crippen LogP) is 1.37. The summed E-state index contributed by atoms with van der Waals surface area (Å²) < 4.78 is 7.33. The van der Waals surface area contributed by atoms with Gasteiger partial charge in [0.15, 0.2) is 0 Å². The molecule has 0 bridgehead atoms. The van der Waals surface area contributed by atoms with Crippen molar-refractivity contribution in [2.45, 2.75) is 26.8 Å². The third-order valence-electron chi connectivity index (χ3n) is 2.11. The van der Waals surface area contributed by atoms with E-state index in [1.165, 1.54) is 0 Å². The maximum atomic E-state index is 5.34. The average molecular weight is 197 g/mol. The maximum absolute atomic E-state index is 5.34. The average Bonchev–Trinajstić information content (AvgIpc) is 2.48. The van der Waals surface area contributed by atoms with Gasteiger partial charge in [0.25, 0.3) is 0 Å². The van der Waals surface area contributed by atoms with Crippen LogP contribution in [0.3, 0.4) is 0 Å². The summed E-state index contributed by atoms with van der Waals surface area (Å²) in [5.41, 5.74) is 1.14. The zero-order valence-electron chi connectivity index (χ0n) is 9.37. The molecule has 0 spiro atoms. The van der Waals surface area contributed by atoms with E-state index in [2.05, 4.69) is 17.3 Å². The molecule has 0 saturated carbocycles. The van der Waals surface area contributed by atoms with Crippen molar-refractivity contribution in [1.82, 2.24) is 15.1 Å². The number of nitrogens with one attached hydrogen (secondary N) is 1. The van der Waals surface area contributed by atoms with Crippen LogP contribution in [0.5, 0.6) is 5.88 Å². The summed E-state index contributed by atoms with van der Waals surface area (Å²) >= 11 is 0.